The molecule has 0 saturated carbocycles. The van der Waals surface area contributed by atoms with Gasteiger partial charge < -0.3 is 20.6 Å². The summed E-state index contributed by atoms with van der Waals surface area (Å²) < 4.78 is 1.15. The number of aliphatic hydroxyl groups excluding tert-OH is 1. The predicted molar refractivity (Wildman–Crippen MR) is 114 cm³/mol. The van der Waals surface area contributed by atoms with Crippen molar-refractivity contribution in [3.8, 4) is 0 Å². The van der Waals surface area contributed by atoms with Crippen LogP contribution < -0.4 is 15.5 Å². The number of aliphatic hydroxyl groups is 1. The molecule has 0 spiro atoms. The first kappa shape index (κ1) is 21.0. The van der Waals surface area contributed by atoms with Crippen molar-refractivity contribution in [2.24, 2.45) is 10.9 Å². The van der Waals surface area contributed by atoms with Crippen molar-refractivity contribution in [2.45, 2.75) is 45.6 Å². The van der Waals surface area contributed by atoms with Crippen LogP contribution in [0.5, 0.6) is 0 Å². The molecule has 0 aromatic heterocycles. The molecule has 2 unspecified atom stereocenters. The molecule has 1 saturated heterocycles. The fourth-order valence-corrected chi connectivity index (χ4v) is 3.99. The van der Waals surface area contributed by atoms with E-state index in [1.807, 2.05) is 0 Å². The Labute approximate surface area is 166 Å². The van der Waals surface area contributed by atoms with E-state index in [0.29, 0.717) is 12.0 Å². The lowest BCUT2D eigenvalue weighted by molar-refractivity contribution is 0.253. The zero-order valence-corrected chi connectivity index (χ0v) is 17.6. The maximum atomic E-state index is 9.23. The number of nitrogens with one attached hydrogen (secondary N) is 2. The molecule has 0 bridgehead atoms. The molecular weight excluding hydrogens is 392 g/mol. The Hall–Kier alpha value is -1.27. The second-order valence-electron chi connectivity index (χ2n) is 6.91. The standard InChI is InChI=1S/C20H33BrN4O/c1-3-7-16(11-13-26)14-23-20(22-4-2)24-17-10-12-25(15-17)19-9-6-5-8-18(19)21/h5-6,8-9,16-17,26H,3-4,7,10-15H2,1-2H3,(H2,22,23,24). The molecule has 26 heavy (non-hydrogen) atoms. The molecule has 1 aliphatic heterocycles. The number of hydrogen-bond donors (Lipinski definition) is 3. The molecule has 0 amide bonds. The van der Waals surface area contributed by atoms with Crippen molar-refractivity contribution in [3.05, 3.63) is 28.7 Å². The molecule has 2 rings (SSSR count). The van der Waals surface area contributed by atoms with Gasteiger partial charge in [-0.15, -0.1) is 0 Å². The van der Waals surface area contributed by atoms with Crippen molar-refractivity contribution in [1.29, 1.82) is 0 Å². The van der Waals surface area contributed by atoms with E-state index in [9.17, 15) is 5.11 Å². The largest absolute Gasteiger partial charge is 0.396 e. The van der Waals surface area contributed by atoms with Crippen LogP contribution in [-0.2, 0) is 0 Å². The van der Waals surface area contributed by atoms with Crippen LogP contribution in [0.3, 0.4) is 0 Å². The Bertz CT molecular complexity index is 560. The van der Waals surface area contributed by atoms with Crippen molar-refractivity contribution < 1.29 is 5.11 Å². The summed E-state index contributed by atoms with van der Waals surface area (Å²) in [5, 5.41) is 16.2. The van der Waals surface area contributed by atoms with Crippen LogP contribution in [0.4, 0.5) is 5.69 Å². The Morgan fingerprint density at radius 3 is 2.85 bits per heavy atom. The molecule has 1 aromatic carbocycles. The number of aliphatic imine (C=N–C) groups is 1. The molecule has 0 radical (unpaired) electrons. The van der Waals surface area contributed by atoms with Gasteiger partial charge in [0.15, 0.2) is 5.96 Å². The Balaban J connectivity index is 1.93. The third kappa shape index (κ3) is 6.47. The lowest BCUT2D eigenvalue weighted by Gasteiger charge is -2.22. The molecule has 6 heteroatoms. The topological polar surface area (TPSA) is 59.9 Å². The smallest absolute Gasteiger partial charge is 0.191 e. The van der Waals surface area contributed by atoms with Gasteiger partial charge in [-0.05, 0) is 60.2 Å². The predicted octanol–water partition coefficient (Wildman–Crippen LogP) is 3.38. The van der Waals surface area contributed by atoms with E-state index in [2.05, 4.69) is 69.6 Å². The minimum absolute atomic E-state index is 0.244. The van der Waals surface area contributed by atoms with Gasteiger partial charge in [0.2, 0.25) is 0 Å². The monoisotopic (exact) mass is 424 g/mol. The normalized spacial score (nSPS) is 18.8. The summed E-state index contributed by atoms with van der Waals surface area (Å²) in [6.45, 7) is 8.16. The van der Waals surface area contributed by atoms with Gasteiger partial charge in [-0.2, -0.15) is 0 Å². The molecule has 5 nitrogen and oxygen atoms in total. The summed E-state index contributed by atoms with van der Waals surface area (Å²) in [6, 6.07) is 8.78. The van der Waals surface area contributed by atoms with Gasteiger partial charge in [0.1, 0.15) is 0 Å². The SMILES string of the molecule is CCCC(CCO)CN=C(NCC)NC1CCN(c2ccccc2Br)C1. The Kier molecular flexibility index (Phi) is 9.26. The molecule has 1 aliphatic rings. The molecule has 1 aromatic rings. The van der Waals surface area contributed by atoms with Crippen molar-refractivity contribution in [3.63, 3.8) is 0 Å². The van der Waals surface area contributed by atoms with Crippen LogP contribution in [0.25, 0.3) is 0 Å². The summed E-state index contributed by atoms with van der Waals surface area (Å²) in [5.41, 5.74) is 1.25. The summed E-state index contributed by atoms with van der Waals surface area (Å²) >= 11 is 3.65. The van der Waals surface area contributed by atoms with Crippen LogP contribution in [0.15, 0.2) is 33.7 Å². The van der Waals surface area contributed by atoms with E-state index in [-0.39, 0.29) is 6.61 Å². The van der Waals surface area contributed by atoms with Crippen LogP contribution in [0.1, 0.15) is 39.5 Å². The zero-order valence-electron chi connectivity index (χ0n) is 16.0. The van der Waals surface area contributed by atoms with E-state index < -0.39 is 0 Å². The van der Waals surface area contributed by atoms with Gasteiger partial charge >= 0.3 is 0 Å². The van der Waals surface area contributed by atoms with Crippen LogP contribution in [-0.4, -0.2) is 49.9 Å². The van der Waals surface area contributed by atoms with E-state index in [1.54, 1.807) is 0 Å². The van der Waals surface area contributed by atoms with E-state index in [0.717, 1.165) is 62.3 Å². The minimum Gasteiger partial charge on any atom is -0.396 e. The first-order chi connectivity index (χ1) is 12.7. The maximum Gasteiger partial charge on any atom is 0.191 e. The second kappa shape index (κ2) is 11.4. The lowest BCUT2D eigenvalue weighted by Crippen LogP contribution is -2.44. The average Bonchev–Trinajstić information content (AvgIpc) is 3.08. The van der Waals surface area contributed by atoms with Gasteiger partial charge in [0.05, 0.1) is 5.69 Å². The lowest BCUT2D eigenvalue weighted by atomic mass is 10.0. The average molecular weight is 425 g/mol. The number of anilines is 1. The molecule has 146 valence electrons. The molecule has 1 heterocycles. The summed E-state index contributed by atoms with van der Waals surface area (Å²) in [4.78, 5) is 7.20. The third-order valence-corrected chi connectivity index (χ3v) is 5.48. The van der Waals surface area contributed by atoms with Crippen molar-refractivity contribution >= 4 is 27.6 Å². The number of para-hydroxylation sites is 1. The molecule has 2 atom stereocenters. The number of hydrogen-bond acceptors (Lipinski definition) is 3. The van der Waals surface area contributed by atoms with Gasteiger partial charge in [-0.1, -0.05) is 25.5 Å². The van der Waals surface area contributed by atoms with Gasteiger partial charge in [-0.3, -0.25) is 4.99 Å². The van der Waals surface area contributed by atoms with E-state index in [1.165, 1.54) is 5.69 Å². The number of halogens is 1. The highest BCUT2D eigenvalue weighted by Crippen LogP contribution is 2.28. The fourth-order valence-electron chi connectivity index (χ4n) is 3.46. The quantitative estimate of drug-likeness (QED) is 0.420. The molecule has 3 N–H and O–H groups in total. The third-order valence-electron chi connectivity index (χ3n) is 4.81. The Morgan fingerprint density at radius 1 is 1.35 bits per heavy atom. The number of nitrogens with zero attached hydrogens (tertiary/aromatic N) is 2. The highest BCUT2D eigenvalue weighted by Gasteiger charge is 2.24. The number of benzene rings is 1. The highest BCUT2D eigenvalue weighted by molar-refractivity contribution is 9.10. The molecule has 1 fully saturated rings. The van der Waals surface area contributed by atoms with Crippen LogP contribution >= 0.6 is 15.9 Å². The van der Waals surface area contributed by atoms with E-state index >= 15 is 0 Å². The summed E-state index contributed by atoms with van der Waals surface area (Å²) in [6.07, 6.45) is 4.17. The van der Waals surface area contributed by atoms with Crippen molar-refractivity contribution in [1.82, 2.24) is 10.6 Å². The molecular formula is C20H33BrN4O. The second-order valence-corrected chi connectivity index (χ2v) is 7.77. The maximum absolute atomic E-state index is 9.23. The summed E-state index contributed by atoms with van der Waals surface area (Å²) in [7, 11) is 0. The van der Waals surface area contributed by atoms with E-state index in [4.69, 9.17) is 4.99 Å². The number of guanidine groups is 1. The Morgan fingerprint density at radius 2 is 2.15 bits per heavy atom. The van der Waals surface area contributed by atoms with Gasteiger partial charge in [-0.25, -0.2) is 0 Å². The van der Waals surface area contributed by atoms with Crippen LogP contribution in [0, 0.1) is 5.92 Å². The zero-order chi connectivity index (χ0) is 18.8. The minimum atomic E-state index is 0.244. The first-order valence-corrected chi connectivity index (χ1v) is 10.6. The number of rotatable bonds is 9. The summed E-state index contributed by atoms with van der Waals surface area (Å²) in [5.74, 6) is 1.35. The molecule has 0 aliphatic carbocycles. The highest BCUT2D eigenvalue weighted by atomic mass is 79.9. The van der Waals surface area contributed by atoms with Gasteiger partial charge in [0.25, 0.3) is 0 Å². The fraction of sp³-hybridized carbons (Fsp3) is 0.650. The first-order valence-electron chi connectivity index (χ1n) is 9.83. The van der Waals surface area contributed by atoms with Crippen LogP contribution in [0.2, 0.25) is 0 Å². The van der Waals surface area contributed by atoms with Gasteiger partial charge in [0, 0.05) is 43.3 Å². The van der Waals surface area contributed by atoms with Crippen molar-refractivity contribution in [2.75, 3.05) is 37.7 Å².